The van der Waals surface area contributed by atoms with Crippen molar-refractivity contribution in [3.63, 3.8) is 0 Å². The van der Waals surface area contributed by atoms with Crippen molar-refractivity contribution in [1.82, 2.24) is 24.6 Å². The van der Waals surface area contributed by atoms with Crippen LogP contribution in [0.2, 0.25) is 0 Å². The lowest BCUT2D eigenvalue weighted by Gasteiger charge is -2.16. The molecule has 140 valence electrons. The van der Waals surface area contributed by atoms with Crippen LogP contribution in [0.1, 0.15) is 23.6 Å². The smallest absolute Gasteiger partial charge is 0.227 e. The standard InChI is InChI=1S/C19H21FN6O/c20-15-3-1-2-13(10-15)11-16(27)25-8-4-14(12-25)17-18-19(23-7-6-22-18)26(24-17)9-5-21/h1-3,6-7,10,14H,4-5,8-9,11-12,21H2/t14-/m0/s1. The van der Waals surface area contributed by atoms with Crippen molar-refractivity contribution in [1.29, 1.82) is 0 Å². The number of benzene rings is 1. The van der Waals surface area contributed by atoms with Gasteiger partial charge in [0, 0.05) is 37.9 Å². The Bertz CT molecular complexity index is 972. The number of carbonyl (C=O) groups is 1. The molecular formula is C19H21FN6O. The van der Waals surface area contributed by atoms with Crippen LogP contribution < -0.4 is 5.73 Å². The van der Waals surface area contributed by atoms with Gasteiger partial charge in [0.25, 0.3) is 0 Å². The van der Waals surface area contributed by atoms with Crippen LogP contribution in [0.5, 0.6) is 0 Å². The van der Waals surface area contributed by atoms with Gasteiger partial charge in [-0.15, -0.1) is 0 Å². The number of rotatable bonds is 5. The van der Waals surface area contributed by atoms with E-state index in [0.717, 1.165) is 23.3 Å². The number of aromatic nitrogens is 4. The monoisotopic (exact) mass is 368 g/mol. The first-order chi connectivity index (χ1) is 13.2. The minimum Gasteiger partial charge on any atom is -0.342 e. The molecular weight excluding hydrogens is 347 g/mol. The van der Waals surface area contributed by atoms with Crippen LogP contribution in [-0.4, -0.2) is 50.2 Å². The first-order valence-electron chi connectivity index (χ1n) is 9.05. The molecule has 2 aromatic heterocycles. The average molecular weight is 368 g/mol. The summed E-state index contributed by atoms with van der Waals surface area (Å²) in [6.07, 6.45) is 4.32. The molecule has 0 radical (unpaired) electrons. The van der Waals surface area contributed by atoms with Gasteiger partial charge in [-0.05, 0) is 24.1 Å². The van der Waals surface area contributed by atoms with Gasteiger partial charge in [0.15, 0.2) is 5.65 Å². The summed E-state index contributed by atoms with van der Waals surface area (Å²) < 4.78 is 15.1. The maximum Gasteiger partial charge on any atom is 0.227 e. The fourth-order valence-corrected chi connectivity index (χ4v) is 3.62. The number of halogens is 1. The first-order valence-corrected chi connectivity index (χ1v) is 9.05. The zero-order valence-corrected chi connectivity index (χ0v) is 14.9. The van der Waals surface area contributed by atoms with E-state index in [4.69, 9.17) is 5.73 Å². The predicted octanol–water partition coefficient (Wildman–Crippen LogP) is 1.48. The van der Waals surface area contributed by atoms with Crippen molar-refractivity contribution in [2.45, 2.75) is 25.3 Å². The lowest BCUT2D eigenvalue weighted by Crippen LogP contribution is -2.30. The van der Waals surface area contributed by atoms with Crippen molar-refractivity contribution in [2.24, 2.45) is 5.73 Å². The van der Waals surface area contributed by atoms with Crippen LogP contribution in [0, 0.1) is 5.82 Å². The number of nitrogens with two attached hydrogens (primary N) is 1. The maximum atomic E-state index is 13.3. The SMILES string of the molecule is NCCn1nc([C@H]2CCN(C(=O)Cc3cccc(F)c3)C2)c2nccnc21. The Morgan fingerprint density at radius 1 is 1.30 bits per heavy atom. The molecule has 3 aromatic rings. The van der Waals surface area contributed by atoms with Crippen molar-refractivity contribution in [3.8, 4) is 0 Å². The molecule has 0 unspecified atom stereocenters. The highest BCUT2D eigenvalue weighted by molar-refractivity contribution is 5.79. The minimum atomic E-state index is -0.324. The van der Waals surface area contributed by atoms with E-state index < -0.39 is 0 Å². The van der Waals surface area contributed by atoms with Gasteiger partial charge in [0.05, 0.1) is 18.7 Å². The van der Waals surface area contributed by atoms with Gasteiger partial charge < -0.3 is 10.6 Å². The predicted molar refractivity (Wildman–Crippen MR) is 98.4 cm³/mol. The summed E-state index contributed by atoms with van der Waals surface area (Å²) in [6.45, 7) is 2.28. The first kappa shape index (κ1) is 17.5. The van der Waals surface area contributed by atoms with Gasteiger partial charge in [-0.1, -0.05) is 12.1 Å². The molecule has 3 heterocycles. The number of amides is 1. The molecule has 27 heavy (non-hydrogen) atoms. The van der Waals surface area contributed by atoms with E-state index in [0.29, 0.717) is 31.7 Å². The van der Waals surface area contributed by atoms with Crippen molar-refractivity contribution >= 4 is 17.1 Å². The highest BCUT2D eigenvalue weighted by Crippen LogP contribution is 2.30. The van der Waals surface area contributed by atoms with Gasteiger partial charge in [0.2, 0.25) is 5.91 Å². The third-order valence-corrected chi connectivity index (χ3v) is 4.91. The van der Waals surface area contributed by atoms with Gasteiger partial charge in [0.1, 0.15) is 11.3 Å². The molecule has 1 atom stereocenters. The van der Waals surface area contributed by atoms with Crippen LogP contribution in [0.3, 0.4) is 0 Å². The average Bonchev–Trinajstić information content (AvgIpc) is 3.28. The molecule has 1 aliphatic heterocycles. The highest BCUT2D eigenvalue weighted by atomic mass is 19.1. The Morgan fingerprint density at radius 3 is 2.96 bits per heavy atom. The van der Waals surface area contributed by atoms with E-state index in [-0.39, 0.29) is 24.1 Å². The lowest BCUT2D eigenvalue weighted by molar-refractivity contribution is -0.129. The highest BCUT2D eigenvalue weighted by Gasteiger charge is 2.31. The van der Waals surface area contributed by atoms with Gasteiger partial charge in [-0.2, -0.15) is 5.10 Å². The van der Waals surface area contributed by atoms with E-state index in [9.17, 15) is 9.18 Å². The van der Waals surface area contributed by atoms with Gasteiger partial charge in [-0.3, -0.25) is 4.79 Å². The maximum absolute atomic E-state index is 13.3. The van der Waals surface area contributed by atoms with E-state index in [1.165, 1.54) is 12.1 Å². The lowest BCUT2D eigenvalue weighted by atomic mass is 10.0. The molecule has 1 aliphatic rings. The van der Waals surface area contributed by atoms with Crippen molar-refractivity contribution < 1.29 is 9.18 Å². The fourth-order valence-electron chi connectivity index (χ4n) is 3.62. The van der Waals surface area contributed by atoms with E-state index in [1.807, 2.05) is 4.90 Å². The normalized spacial score (nSPS) is 17.0. The number of likely N-dealkylation sites (tertiary alicyclic amines) is 1. The third kappa shape index (κ3) is 3.52. The summed E-state index contributed by atoms with van der Waals surface area (Å²) in [5.41, 5.74) is 8.72. The van der Waals surface area contributed by atoms with Crippen LogP contribution >= 0.6 is 0 Å². The summed E-state index contributed by atoms with van der Waals surface area (Å²) in [4.78, 5) is 23.2. The minimum absolute atomic E-state index is 0.000111. The number of hydrogen-bond acceptors (Lipinski definition) is 5. The Labute approximate surface area is 156 Å². The zero-order chi connectivity index (χ0) is 18.8. The quantitative estimate of drug-likeness (QED) is 0.737. The Hall–Kier alpha value is -2.87. The van der Waals surface area contributed by atoms with E-state index in [2.05, 4.69) is 15.1 Å². The van der Waals surface area contributed by atoms with Crippen LogP contribution in [0.4, 0.5) is 4.39 Å². The molecule has 1 amide bonds. The number of fused-ring (bicyclic) bond motifs is 1. The summed E-state index contributed by atoms with van der Waals surface area (Å²) in [5, 5.41) is 4.67. The molecule has 1 fully saturated rings. The largest absolute Gasteiger partial charge is 0.342 e. The number of nitrogens with zero attached hydrogens (tertiary/aromatic N) is 5. The Balaban J connectivity index is 1.51. The molecule has 4 rings (SSSR count). The topological polar surface area (TPSA) is 89.9 Å². The fraction of sp³-hybridized carbons (Fsp3) is 0.368. The van der Waals surface area contributed by atoms with Crippen molar-refractivity contribution in [2.75, 3.05) is 19.6 Å². The van der Waals surface area contributed by atoms with E-state index >= 15 is 0 Å². The number of hydrogen-bond donors (Lipinski definition) is 1. The van der Waals surface area contributed by atoms with Crippen LogP contribution in [0.15, 0.2) is 36.7 Å². The Kier molecular flexibility index (Phi) is 4.81. The summed E-state index contributed by atoms with van der Waals surface area (Å²) in [5.74, 6) is -0.213. The summed E-state index contributed by atoms with van der Waals surface area (Å²) in [7, 11) is 0. The number of carbonyl (C=O) groups excluding carboxylic acids is 1. The third-order valence-electron chi connectivity index (χ3n) is 4.91. The van der Waals surface area contributed by atoms with Crippen molar-refractivity contribution in [3.05, 3.63) is 53.7 Å². The van der Waals surface area contributed by atoms with Crippen LogP contribution in [-0.2, 0) is 17.8 Å². The second-order valence-electron chi connectivity index (χ2n) is 6.76. The second kappa shape index (κ2) is 7.40. The molecule has 8 heteroatoms. The molecule has 0 spiro atoms. The molecule has 1 aromatic carbocycles. The van der Waals surface area contributed by atoms with Gasteiger partial charge >= 0.3 is 0 Å². The summed E-state index contributed by atoms with van der Waals surface area (Å²) >= 11 is 0. The van der Waals surface area contributed by atoms with Gasteiger partial charge in [-0.25, -0.2) is 19.0 Å². The molecule has 0 bridgehead atoms. The molecule has 1 saturated heterocycles. The molecule has 7 nitrogen and oxygen atoms in total. The summed E-state index contributed by atoms with van der Waals surface area (Å²) in [6, 6.07) is 6.18. The molecule has 0 saturated carbocycles. The molecule has 2 N–H and O–H groups in total. The van der Waals surface area contributed by atoms with E-state index in [1.54, 1.807) is 29.2 Å². The zero-order valence-electron chi connectivity index (χ0n) is 14.9. The molecule has 0 aliphatic carbocycles. The van der Waals surface area contributed by atoms with Crippen LogP contribution in [0.25, 0.3) is 11.2 Å². The Morgan fingerprint density at radius 2 is 2.15 bits per heavy atom. The second-order valence-corrected chi connectivity index (χ2v) is 6.76.